The molecule has 113 heavy (non-hydrogen) atoms. The molecule has 2 aliphatic heterocycles. The summed E-state index contributed by atoms with van der Waals surface area (Å²) in [5, 5.41) is 23.2. The monoisotopic (exact) mass is 2090 g/mol. The van der Waals surface area contributed by atoms with E-state index < -0.39 is 31.0 Å². The number of imidazole rings is 3. The van der Waals surface area contributed by atoms with Gasteiger partial charge in [0, 0.05) is 168 Å². The number of fused-ring (bicyclic) bond motifs is 18. The standard InChI is InChI=1S/C31H29N2O2.C29H23N2S.C21H13N2O2.4C3H7O.2Al.3Ir.H/c1-2-8-27-25(6-1)26-7-3-4-11-28(26)33-29(20-32-31(27)33)30-23(21-12-16-34-17-13-21)9-5-10-24(30)22-14-18-35-19-15-22;1-19(2)17-20-9-7-13-24(27-15-8-16-32-27)28(20)26-18-30-29-23-12-4-3-10-21(23)22-11-5-6-14-25(22)31(26)29;24-18-10-5-11-19(25)20(18)17-12-22-21-15-8-2-1-6-13(15)14-7-3-4-9-16(14)23(17)21;4*1-3(2)4;;;;;;/h1-7,9-11,20-22H,12-19H2;3-11,13-16,18-19H,17H2,1-2H3;1-7,9-12,24-25H;4*3H,1-2H3;;;;;;/q7*-1;+2;+3;;;;/p-1. The molecule has 9 heterocycles. The number of thiophene rings is 1. The average Bonchev–Trinajstić information content (AvgIpc) is 1.67. The van der Waals surface area contributed by atoms with Gasteiger partial charge in [0.1, 0.15) is 5.75 Å². The predicted molar refractivity (Wildman–Crippen MR) is 451 cm³/mol. The maximum absolute atomic E-state index is 11.0. The van der Waals surface area contributed by atoms with Gasteiger partial charge in [0.2, 0.25) is 0 Å². The molecule has 585 valence electrons. The van der Waals surface area contributed by atoms with Crippen molar-refractivity contribution >= 4 is 124 Å². The van der Waals surface area contributed by atoms with E-state index in [9.17, 15) is 5.11 Å². The first-order valence-electron chi connectivity index (χ1n) is 38.7. The van der Waals surface area contributed by atoms with Gasteiger partial charge in [0.25, 0.3) is 0 Å². The zero-order valence-corrected chi connectivity index (χ0v) is 75.9. The van der Waals surface area contributed by atoms with Crippen LogP contribution in [-0.2, 0) is 91.4 Å². The molecule has 0 aliphatic carbocycles. The smallest absolute Gasteiger partial charge is 0.598 e. The third kappa shape index (κ3) is 18.4. The summed E-state index contributed by atoms with van der Waals surface area (Å²) in [6, 6.07) is 77.5. The molecule has 0 atom stereocenters. The van der Waals surface area contributed by atoms with Crippen LogP contribution in [0.5, 0.6) is 11.5 Å². The Balaban J connectivity index is 0.000000147. The first-order valence-corrected chi connectivity index (χ1v) is 42.2. The van der Waals surface area contributed by atoms with Crippen molar-refractivity contribution in [3.63, 3.8) is 0 Å². The van der Waals surface area contributed by atoms with E-state index in [0.717, 1.165) is 119 Å². The second-order valence-corrected chi connectivity index (χ2v) is 33.0. The van der Waals surface area contributed by atoms with Crippen molar-refractivity contribution in [2.24, 2.45) is 5.92 Å². The maximum Gasteiger partial charge on any atom is 1.00 e. The summed E-state index contributed by atoms with van der Waals surface area (Å²) in [6.07, 6.45) is 11.8. The molecule has 16 aromatic rings. The van der Waals surface area contributed by atoms with Crippen molar-refractivity contribution in [3.05, 3.63) is 253 Å². The van der Waals surface area contributed by atoms with Crippen molar-refractivity contribution in [2.45, 2.75) is 138 Å². The Labute approximate surface area is 718 Å². The summed E-state index contributed by atoms with van der Waals surface area (Å²) < 4.78 is 47.0. The minimum absolute atomic E-state index is 0. The van der Waals surface area contributed by atoms with Gasteiger partial charge in [-0.15, -0.1) is 100 Å². The Morgan fingerprint density at radius 2 is 0.876 bits per heavy atom. The predicted octanol–water partition coefficient (Wildman–Crippen LogP) is 22.1. The molecule has 2 saturated heterocycles. The van der Waals surface area contributed by atoms with E-state index >= 15 is 0 Å². The Hall–Kier alpha value is -7.32. The molecule has 14 nitrogen and oxygen atoms in total. The first-order chi connectivity index (χ1) is 53.7. The van der Waals surface area contributed by atoms with Crippen LogP contribution in [0.3, 0.4) is 0 Å². The summed E-state index contributed by atoms with van der Waals surface area (Å²) in [6.45, 7) is 23.8. The Kier molecular flexibility index (Phi) is 29.4. The van der Waals surface area contributed by atoms with E-state index in [-0.39, 0.29) is 78.3 Å². The van der Waals surface area contributed by atoms with Crippen LogP contribution in [0.4, 0.5) is 0 Å². The molecule has 0 saturated carbocycles. The fourth-order valence-corrected chi connectivity index (χ4v) is 18.5. The van der Waals surface area contributed by atoms with Gasteiger partial charge >= 0.3 is 31.0 Å². The van der Waals surface area contributed by atoms with Crippen molar-refractivity contribution < 1.29 is 93.8 Å². The Morgan fingerprint density at radius 3 is 1.30 bits per heavy atom. The Bertz CT molecular complexity index is 5850. The summed E-state index contributed by atoms with van der Waals surface area (Å²) in [4.78, 5) is 16.0. The molecule has 0 unspecified atom stereocenters. The third-order valence-corrected chi connectivity index (χ3v) is 24.9. The van der Waals surface area contributed by atoms with Gasteiger partial charge in [-0.2, -0.15) is 0 Å². The van der Waals surface area contributed by atoms with Crippen LogP contribution in [0, 0.1) is 24.1 Å². The van der Waals surface area contributed by atoms with Gasteiger partial charge in [-0.3, -0.25) is 15.0 Å². The number of pyridine rings is 3. The number of benzene rings is 9. The number of para-hydroxylation sites is 3. The van der Waals surface area contributed by atoms with Gasteiger partial charge in [-0.1, -0.05) is 133 Å². The SMILES string of the molecule is CC(C)Cc1cccc(-c2cccs2)c1-c1cnc2c3[c-]cccc3c3ccccc3n12.CC(C)[O][AlH][O]C(C)C.CC(C)[O][Al]([O]c1cccc(O)c1-c1cnc2c3[c-]cccc3c3ccccc3n12)[O]C(C)C.[Ir].[Ir].[Ir].[c-]1cccc2c1c1ncc(-c3c(C4CCOCC4)cccc3C3CCOCC3)n1c1ccccc21. The maximum atomic E-state index is 11.0. The van der Waals surface area contributed by atoms with Crippen molar-refractivity contribution in [1.82, 2.24) is 28.2 Å². The Morgan fingerprint density at radius 1 is 0.460 bits per heavy atom. The summed E-state index contributed by atoms with van der Waals surface area (Å²) in [7, 11) is 0. The van der Waals surface area contributed by atoms with Crippen LogP contribution in [-0.4, -0.2) is 115 Å². The number of aromatic nitrogens is 6. The van der Waals surface area contributed by atoms with E-state index in [0.29, 0.717) is 41.3 Å². The number of ether oxygens (including phenoxy) is 2. The summed E-state index contributed by atoms with van der Waals surface area (Å²) in [5.74, 6) is 2.17. The summed E-state index contributed by atoms with van der Waals surface area (Å²) >= 11 is -1.42. The number of rotatable bonds is 18. The number of hydrogen-bond acceptors (Lipinski definition) is 12. The van der Waals surface area contributed by atoms with E-state index in [4.69, 9.17) is 43.4 Å². The molecular formula is C93H93Al2Ir3N6O8S-3. The molecule has 9 aromatic carbocycles. The number of phenols is 1. The number of aromatic hydroxyl groups is 1. The third-order valence-electron chi connectivity index (χ3n) is 20.4. The van der Waals surface area contributed by atoms with Crippen LogP contribution >= 0.6 is 11.3 Å². The summed E-state index contributed by atoms with van der Waals surface area (Å²) in [5.41, 5.74) is 17.9. The fraction of sp³-hybridized carbons (Fsp3) is 0.280. The zero-order valence-electron chi connectivity index (χ0n) is 65.4. The van der Waals surface area contributed by atoms with E-state index in [2.05, 4.69) is 203 Å². The number of nitrogens with zero attached hydrogens (tertiary/aromatic N) is 6. The second kappa shape index (κ2) is 39.1. The zero-order chi connectivity index (χ0) is 75.9. The van der Waals surface area contributed by atoms with Crippen LogP contribution < -0.4 is 3.79 Å². The second-order valence-electron chi connectivity index (χ2n) is 29.8. The fourth-order valence-electron chi connectivity index (χ4n) is 15.6. The van der Waals surface area contributed by atoms with E-state index in [1.807, 2.05) is 97.9 Å². The van der Waals surface area contributed by atoms with Gasteiger partial charge in [-0.25, -0.2) is 0 Å². The molecule has 7 aromatic heterocycles. The van der Waals surface area contributed by atoms with Crippen LogP contribution in [0.15, 0.2) is 218 Å². The van der Waals surface area contributed by atoms with Crippen LogP contribution in [0.2, 0.25) is 0 Å². The number of hydrogen-bond donors (Lipinski definition) is 1. The number of phenolic OH excluding ortho intramolecular Hbond substituents is 1. The van der Waals surface area contributed by atoms with Gasteiger partial charge in [0.05, 0.1) is 45.3 Å². The topological polar surface area (TPSA) is 137 Å². The minimum atomic E-state index is -2.53. The van der Waals surface area contributed by atoms with Gasteiger partial charge in [-0.05, 0) is 180 Å². The van der Waals surface area contributed by atoms with Crippen molar-refractivity contribution in [2.75, 3.05) is 26.4 Å². The van der Waals surface area contributed by atoms with Crippen LogP contribution in [0.1, 0.15) is 123 Å². The quantitative estimate of drug-likeness (QED) is 0.0499. The van der Waals surface area contributed by atoms with E-state index in [1.54, 1.807) is 29.7 Å². The first kappa shape index (κ1) is 85.1. The molecule has 0 spiro atoms. The molecule has 2 fully saturated rings. The minimum Gasteiger partial charge on any atom is -0.598 e. The largest absolute Gasteiger partial charge is 1.00 e. The average molecular weight is 2090 g/mol. The molecule has 0 bridgehead atoms. The van der Waals surface area contributed by atoms with Crippen molar-refractivity contribution in [1.29, 1.82) is 0 Å². The molecule has 2 aliphatic rings. The van der Waals surface area contributed by atoms with Gasteiger partial charge in [0.15, 0.2) is 0 Å². The normalized spacial score (nSPS) is 13.4. The molecule has 1 N–H and O–H groups in total. The van der Waals surface area contributed by atoms with Gasteiger partial charge < -0.3 is 46.7 Å². The van der Waals surface area contributed by atoms with Crippen molar-refractivity contribution in [3.8, 4) is 55.7 Å². The van der Waals surface area contributed by atoms with Crippen LogP contribution in [0.25, 0.3) is 126 Å². The molecule has 3 radical (unpaired) electrons. The molecule has 18 rings (SSSR count). The molecular weight excluding hydrogens is 1990 g/mol. The van der Waals surface area contributed by atoms with E-state index in [1.165, 1.54) is 76.5 Å². The molecule has 0 amide bonds. The molecule has 20 heteroatoms.